The SMILES string of the molecule is Cc1ccc(OCNC(=O)NCc2cccnc2)cc1. The second-order valence-corrected chi connectivity index (χ2v) is 4.32. The van der Waals surface area contributed by atoms with Crippen molar-refractivity contribution in [2.45, 2.75) is 13.5 Å². The third-order valence-corrected chi connectivity index (χ3v) is 2.67. The van der Waals surface area contributed by atoms with E-state index in [1.165, 1.54) is 5.56 Å². The van der Waals surface area contributed by atoms with Crippen LogP contribution in [0.2, 0.25) is 0 Å². The first-order valence-electron chi connectivity index (χ1n) is 6.34. The number of ether oxygens (including phenoxy) is 1. The van der Waals surface area contributed by atoms with Gasteiger partial charge in [0.25, 0.3) is 0 Å². The van der Waals surface area contributed by atoms with Crippen LogP contribution >= 0.6 is 0 Å². The summed E-state index contributed by atoms with van der Waals surface area (Å²) in [6.45, 7) is 2.57. The zero-order valence-corrected chi connectivity index (χ0v) is 11.3. The summed E-state index contributed by atoms with van der Waals surface area (Å²) in [6.07, 6.45) is 3.40. The minimum atomic E-state index is -0.277. The molecule has 2 amide bonds. The number of hydrogen-bond acceptors (Lipinski definition) is 3. The Hall–Kier alpha value is -2.56. The van der Waals surface area contributed by atoms with E-state index in [-0.39, 0.29) is 12.8 Å². The number of hydrogen-bond donors (Lipinski definition) is 2. The second-order valence-electron chi connectivity index (χ2n) is 4.32. The van der Waals surface area contributed by atoms with Crippen LogP contribution in [0.3, 0.4) is 0 Å². The van der Waals surface area contributed by atoms with Gasteiger partial charge in [-0.3, -0.25) is 4.98 Å². The number of pyridine rings is 1. The Kier molecular flexibility index (Phi) is 4.94. The lowest BCUT2D eigenvalue weighted by molar-refractivity contribution is 0.223. The normalized spacial score (nSPS) is 9.85. The number of carbonyl (C=O) groups is 1. The van der Waals surface area contributed by atoms with Crippen molar-refractivity contribution in [2.75, 3.05) is 6.73 Å². The minimum Gasteiger partial charge on any atom is -0.473 e. The van der Waals surface area contributed by atoms with Gasteiger partial charge in [-0.2, -0.15) is 0 Å². The predicted octanol–water partition coefficient (Wildman–Crippen LogP) is 2.23. The molecule has 0 fully saturated rings. The maximum atomic E-state index is 11.5. The van der Waals surface area contributed by atoms with Crippen molar-refractivity contribution in [3.05, 3.63) is 59.9 Å². The largest absolute Gasteiger partial charge is 0.473 e. The molecule has 0 atom stereocenters. The van der Waals surface area contributed by atoms with Gasteiger partial charge in [-0.25, -0.2) is 4.79 Å². The van der Waals surface area contributed by atoms with Gasteiger partial charge >= 0.3 is 6.03 Å². The number of nitrogens with zero attached hydrogens (tertiary/aromatic N) is 1. The Morgan fingerprint density at radius 3 is 2.70 bits per heavy atom. The van der Waals surface area contributed by atoms with Gasteiger partial charge in [-0.05, 0) is 30.7 Å². The number of benzene rings is 1. The smallest absolute Gasteiger partial charge is 0.317 e. The topological polar surface area (TPSA) is 63.2 Å². The van der Waals surface area contributed by atoms with E-state index in [0.717, 1.165) is 11.3 Å². The summed E-state index contributed by atoms with van der Waals surface area (Å²) in [6, 6.07) is 11.1. The zero-order chi connectivity index (χ0) is 14.2. The molecule has 0 bridgehead atoms. The lowest BCUT2D eigenvalue weighted by atomic mass is 10.2. The fourth-order valence-corrected chi connectivity index (χ4v) is 1.57. The van der Waals surface area contributed by atoms with Gasteiger partial charge in [-0.1, -0.05) is 23.8 Å². The van der Waals surface area contributed by atoms with Crippen molar-refractivity contribution in [1.82, 2.24) is 15.6 Å². The van der Waals surface area contributed by atoms with E-state index in [1.54, 1.807) is 12.4 Å². The van der Waals surface area contributed by atoms with Crippen molar-refractivity contribution in [1.29, 1.82) is 0 Å². The summed E-state index contributed by atoms with van der Waals surface area (Å²) in [4.78, 5) is 15.5. The van der Waals surface area contributed by atoms with Crippen LogP contribution in [0.1, 0.15) is 11.1 Å². The average molecular weight is 271 g/mol. The van der Waals surface area contributed by atoms with Gasteiger partial charge in [0, 0.05) is 18.9 Å². The highest BCUT2D eigenvalue weighted by atomic mass is 16.5. The first-order chi connectivity index (χ1) is 9.74. The third kappa shape index (κ3) is 4.61. The van der Waals surface area contributed by atoms with Gasteiger partial charge in [0.2, 0.25) is 0 Å². The molecule has 0 unspecified atom stereocenters. The molecule has 5 heteroatoms. The lowest BCUT2D eigenvalue weighted by Gasteiger charge is -2.09. The molecular formula is C15H17N3O2. The fourth-order valence-electron chi connectivity index (χ4n) is 1.57. The molecule has 0 spiro atoms. The maximum Gasteiger partial charge on any atom is 0.317 e. The van der Waals surface area contributed by atoms with E-state index in [0.29, 0.717) is 6.54 Å². The minimum absolute atomic E-state index is 0.127. The molecule has 1 heterocycles. The Labute approximate surface area is 118 Å². The van der Waals surface area contributed by atoms with Crippen molar-refractivity contribution < 1.29 is 9.53 Å². The van der Waals surface area contributed by atoms with Crippen LogP contribution in [0.15, 0.2) is 48.8 Å². The summed E-state index contributed by atoms with van der Waals surface area (Å²) >= 11 is 0. The molecule has 2 rings (SSSR count). The van der Waals surface area contributed by atoms with E-state index < -0.39 is 0 Å². The Balaban J connectivity index is 1.66. The van der Waals surface area contributed by atoms with Gasteiger partial charge in [0.05, 0.1) is 0 Å². The van der Waals surface area contributed by atoms with Crippen molar-refractivity contribution >= 4 is 6.03 Å². The fraction of sp³-hybridized carbons (Fsp3) is 0.200. The Bertz CT molecular complexity index is 541. The number of urea groups is 1. The van der Waals surface area contributed by atoms with E-state index in [2.05, 4.69) is 15.6 Å². The molecule has 2 N–H and O–H groups in total. The van der Waals surface area contributed by atoms with Crippen LogP contribution in [-0.4, -0.2) is 17.7 Å². The Morgan fingerprint density at radius 1 is 1.20 bits per heavy atom. The number of aromatic nitrogens is 1. The summed E-state index contributed by atoms with van der Waals surface area (Å²) in [5.41, 5.74) is 2.11. The molecule has 20 heavy (non-hydrogen) atoms. The van der Waals surface area contributed by atoms with Crippen LogP contribution in [0, 0.1) is 6.92 Å². The molecule has 0 saturated heterocycles. The molecule has 0 radical (unpaired) electrons. The molecule has 104 valence electrons. The molecule has 0 saturated carbocycles. The maximum absolute atomic E-state index is 11.5. The molecule has 1 aromatic heterocycles. The van der Waals surface area contributed by atoms with Crippen LogP contribution in [0.5, 0.6) is 5.75 Å². The van der Waals surface area contributed by atoms with Gasteiger partial charge in [-0.15, -0.1) is 0 Å². The molecule has 0 aliphatic heterocycles. The predicted molar refractivity (Wildman–Crippen MR) is 76.3 cm³/mol. The monoisotopic (exact) mass is 271 g/mol. The standard InChI is InChI=1S/C15H17N3O2/c1-12-4-6-14(7-5-12)20-11-18-15(19)17-10-13-3-2-8-16-9-13/h2-9H,10-11H2,1H3,(H2,17,18,19). The van der Waals surface area contributed by atoms with Crippen molar-refractivity contribution in [3.63, 3.8) is 0 Å². The van der Waals surface area contributed by atoms with Gasteiger partial charge in [0.15, 0.2) is 6.73 Å². The average Bonchev–Trinajstić information content (AvgIpc) is 2.48. The second kappa shape index (κ2) is 7.13. The van der Waals surface area contributed by atoms with Crippen molar-refractivity contribution in [2.24, 2.45) is 0 Å². The van der Waals surface area contributed by atoms with Gasteiger partial charge < -0.3 is 15.4 Å². The molecule has 2 aromatic rings. The quantitative estimate of drug-likeness (QED) is 0.820. The van der Waals surface area contributed by atoms with Crippen LogP contribution in [0.25, 0.3) is 0 Å². The number of carbonyl (C=O) groups excluding carboxylic acids is 1. The van der Waals surface area contributed by atoms with Crippen LogP contribution in [-0.2, 0) is 6.54 Å². The van der Waals surface area contributed by atoms with Crippen molar-refractivity contribution in [3.8, 4) is 5.75 Å². The summed E-state index contributed by atoms with van der Waals surface area (Å²) in [5.74, 6) is 0.725. The molecule has 0 aliphatic rings. The summed E-state index contributed by atoms with van der Waals surface area (Å²) in [7, 11) is 0. The molecule has 1 aromatic carbocycles. The number of nitrogens with one attached hydrogen (secondary N) is 2. The molecule has 5 nitrogen and oxygen atoms in total. The molecule has 0 aliphatic carbocycles. The van der Waals surface area contributed by atoms with E-state index in [4.69, 9.17) is 4.74 Å². The van der Waals surface area contributed by atoms with E-state index >= 15 is 0 Å². The van der Waals surface area contributed by atoms with E-state index in [9.17, 15) is 4.79 Å². The lowest BCUT2D eigenvalue weighted by Crippen LogP contribution is -2.37. The summed E-state index contributed by atoms with van der Waals surface area (Å²) < 4.78 is 5.40. The highest BCUT2D eigenvalue weighted by molar-refractivity contribution is 5.73. The zero-order valence-electron chi connectivity index (χ0n) is 11.3. The van der Waals surface area contributed by atoms with E-state index in [1.807, 2.05) is 43.3 Å². The summed E-state index contributed by atoms with van der Waals surface area (Å²) in [5, 5.41) is 5.35. The van der Waals surface area contributed by atoms with Crippen LogP contribution < -0.4 is 15.4 Å². The third-order valence-electron chi connectivity index (χ3n) is 2.67. The highest BCUT2D eigenvalue weighted by Crippen LogP contribution is 2.10. The molecular weight excluding hydrogens is 254 g/mol. The first kappa shape index (κ1) is 13.9. The van der Waals surface area contributed by atoms with Gasteiger partial charge in [0.1, 0.15) is 5.75 Å². The number of amides is 2. The van der Waals surface area contributed by atoms with Crippen LogP contribution in [0.4, 0.5) is 4.79 Å². The number of aryl methyl sites for hydroxylation is 1. The first-order valence-corrected chi connectivity index (χ1v) is 6.34. The highest BCUT2D eigenvalue weighted by Gasteiger charge is 2.00. The number of rotatable bonds is 5. The Morgan fingerprint density at radius 2 is 2.00 bits per heavy atom.